The van der Waals surface area contributed by atoms with Crippen molar-refractivity contribution in [1.29, 1.82) is 0 Å². The molecule has 0 fully saturated rings. The number of hydrogen-bond donors (Lipinski definition) is 0. The van der Waals surface area contributed by atoms with Crippen LogP contribution in [0.1, 0.15) is 11.1 Å². The van der Waals surface area contributed by atoms with Gasteiger partial charge in [0.1, 0.15) is 11.6 Å². The molecule has 2 heterocycles. The van der Waals surface area contributed by atoms with Gasteiger partial charge in [-0.05, 0) is 29.7 Å². The van der Waals surface area contributed by atoms with E-state index in [1.807, 2.05) is 12.1 Å². The lowest BCUT2D eigenvalue weighted by molar-refractivity contribution is -0.133. The predicted octanol–water partition coefficient (Wildman–Crippen LogP) is 2.15. The van der Waals surface area contributed by atoms with Gasteiger partial charge in [-0.15, -0.1) is 0 Å². The van der Waals surface area contributed by atoms with Crippen LogP contribution in [-0.2, 0) is 24.3 Å². The maximum atomic E-state index is 12.6. The average Bonchev–Trinajstić information content (AvgIpc) is 2.66. The number of methoxy groups -OCH3 is 2. The van der Waals surface area contributed by atoms with Crippen molar-refractivity contribution in [2.24, 2.45) is 0 Å². The summed E-state index contributed by atoms with van der Waals surface area (Å²) in [4.78, 5) is 26.3. The zero-order chi connectivity index (χ0) is 18.8. The fourth-order valence-corrected chi connectivity index (χ4v) is 3.15. The van der Waals surface area contributed by atoms with Crippen LogP contribution in [0.4, 0.5) is 0 Å². The van der Waals surface area contributed by atoms with Crippen LogP contribution in [-0.4, -0.2) is 41.4 Å². The number of carbonyl (C=O) groups excluding carboxylic acids is 1. The highest BCUT2D eigenvalue weighted by molar-refractivity contribution is 6.41. The SMILES string of the molecule is COc1cc2c(cc1OC)CN(C(=O)Cn1ncc(Cl)c(Cl)c1=O)CC2. The summed E-state index contributed by atoms with van der Waals surface area (Å²) in [6.07, 6.45) is 1.94. The van der Waals surface area contributed by atoms with Gasteiger partial charge in [-0.25, -0.2) is 4.68 Å². The molecule has 1 aromatic heterocycles. The van der Waals surface area contributed by atoms with Crippen molar-refractivity contribution >= 4 is 29.1 Å². The predicted molar refractivity (Wildman–Crippen MR) is 97.2 cm³/mol. The molecule has 1 amide bonds. The Balaban J connectivity index is 1.79. The van der Waals surface area contributed by atoms with E-state index in [-0.39, 0.29) is 22.5 Å². The second-order valence-electron chi connectivity index (χ2n) is 5.81. The first-order valence-electron chi connectivity index (χ1n) is 7.87. The summed E-state index contributed by atoms with van der Waals surface area (Å²) in [5.74, 6) is 1.05. The van der Waals surface area contributed by atoms with Crippen molar-refractivity contribution in [3.05, 3.63) is 49.9 Å². The van der Waals surface area contributed by atoms with E-state index in [2.05, 4.69) is 5.10 Å². The number of aromatic nitrogens is 2. The van der Waals surface area contributed by atoms with Crippen molar-refractivity contribution in [3.8, 4) is 11.5 Å². The smallest absolute Gasteiger partial charge is 0.287 e. The number of nitrogens with zero attached hydrogens (tertiary/aromatic N) is 3. The summed E-state index contributed by atoms with van der Waals surface area (Å²) >= 11 is 11.6. The van der Waals surface area contributed by atoms with Crippen LogP contribution in [0.25, 0.3) is 0 Å². The van der Waals surface area contributed by atoms with Crippen molar-refractivity contribution in [2.75, 3.05) is 20.8 Å². The molecule has 0 aliphatic carbocycles. The first-order chi connectivity index (χ1) is 12.4. The molecule has 0 bridgehead atoms. The second-order valence-corrected chi connectivity index (χ2v) is 6.60. The molecule has 0 radical (unpaired) electrons. The largest absolute Gasteiger partial charge is 0.493 e. The Morgan fingerprint density at radius 1 is 1.19 bits per heavy atom. The van der Waals surface area contributed by atoms with Gasteiger partial charge >= 0.3 is 0 Å². The summed E-state index contributed by atoms with van der Waals surface area (Å²) < 4.78 is 11.7. The van der Waals surface area contributed by atoms with Crippen LogP contribution >= 0.6 is 23.2 Å². The number of ether oxygens (including phenoxy) is 2. The molecule has 1 aliphatic heterocycles. The standard InChI is InChI=1S/C17H17Cl2N3O4/c1-25-13-5-10-3-4-21(8-11(10)6-14(13)26-2)15(23)9-22-17(24)16(19)12(18)7-20-22/h5-7H,3-4,8-9H2,1-2H3. The number of halogens is 2. The van der Waals surface area contributed by atoms with E-state index in [1.54, 1.807) is 19.1 Å². The third-order valence-corrected chi connectivity index (χ3v) is 5.05. The molecule has 138 valence electrons. The van der Waals surface area contributed by atoms with E-state index in [9.17, 15) is 9.59 Å². The number of benzene rings is 1. The fourth-order valence-electron chi connectivity index (χ4n) is 2.88. The fraction of sp³-hybridized carbons (Fsp3) is 0.353. The minimum absolute atomic E-state index is 0.0632. The molecule has 1 aliphatic rings. The Kier molecular flexibility index (Phi) is 5.38. The molecule has 0 saturated heterocycles. The first kappa shape index (κ1) is 18.5. The van der Waals surface area contributed by atoms with Gasteiger partial charge in [0.25, 0.3) is 5.56 Å². The third-order valence-electron chi connectivity index (χ3n) is 4.30. The molecule has 1 aromatic carbocycles. The molecule has 0 unspecified atom stereocenters. The summed E-state index contributed by atoms with van der Waals surface area (Å²) in [7, 11) is 3.16. The van der Waals surface area contributed by atoms with Gasteiger partial charge < -0.3 is 14.4 Å². The van der Waals surface area contributed by atoms with Crippen LogP contribution in [0.3, 0.4) is 0 Å². The molecule has 3 rings (SSSR count). The van der Waals surface area contributed by atoms with Crippen molar-refractivity contribution < 1.29 is 14.3 Å². The van der Waals surface area contributed by atoms with Gasteiger partial charge in [-0.2, -0.15) is 5.10 Å². The van der Waals surface area contributed by atoms with E-state index in [4.69, 9.17) is 32.7 Å². The lowest BCUT2D eigenvalue weighted by Crippen LogP contribution is -2.40. The van der Waals surface area contributed by atoms with Gasteiger partial charge in [0.15, 0.2) is 11.5 Å². The average molecular weight is 398 g/mol. The Hall–Kier alpha value is -2.25. The summed E-state index contributed by atoms with van der Waals surface area (Å²) in [6.45, 7) is 0.764. The monoisotopic (exact) mass is 397 g/mol. The van der Waals surface area contributed by atoms with E-state index >= 15 is 0 Å². The minimum Gasteiger partial charge on any atom is -0.493 e. The molecule has 26 heavy (non-hydrogen) atoms. The van der Waals surface area contributed by atoms with Gasteiger partial charge in [0.05, 0.1) is 25.4 Å². The van der Waals surface area contributed by atoms with E-state index in [0.717, 1.165) is 15.8 Å². The lowest BCUT2D eigenvalue weighted by atomic mass is 9.98. The molecular formula is C17H17Cl2N3O4. The highest BCUT2D eigenvalue weighted by Crippen LogP contribution is 2.33. The first-order valence-corrected chi connectivity index (χ1v) is 8.63. The van der Waals surface area contributed by atoms with E-state index in [0.29, 0.717) is 31.0 Å². The number of carbonyl (C=O) groups is 1. The molecule has 9 heteroatoms. The van der Waals surface area contributed by atoms with Crippen LogP contribution in [0.5, 0.6) is 11.5 Å². The Bertz CT molecular complexity index is 914. The molecule has 0 N–H and O–H groups in total. The van der Waals surface area contributed by atoms with Gasteiger partial charge in [-0.1, -0.05) is 23.2 Å². The van der Waals surface area contributed by atoms with Crippen LogP contribution in [0.2, 0.25) is 10.0 Å². The summed E-state index contributed by atoms with van der Waals surface area (Å²) in [5.41, 5.74) is 1.50. The van der Waals surface area contributed by atoms with Gasteiger partial charge in [-0.3, -0.25) is 9.59 Å². The molecule has 2 aromatic rings. The van der Waals surface area contributed by atoms with Crippen molar-refractivity contribution in [1.82, 2.24) is 14.7 Å². The summed E-state index contributed by atoms with van der Waals surface area (Å²) in [6, 6.07) is 3.80. The second kappa shape index (κ2) is 7.55. The third kappa shape index (κ3) is 3.50. The van der Waals surface area contributed by atoms with Crippen molar-refractivity contribution in [2.45, 2.75) is 19.5 Å². The van der Waals surface area contributed by atoms with Crippen LogP contribution in [0, 0.1) is 0 Å². The normalized spacial score (nSPS) is 13.3. The number of fused-ring (bicyclic) bond motifs is 1. The Labute approximate surface area is 160 Å². The highest BCUT2D eigenvalue weighted by atomic mass is 35.5. The molecule has 0 saturated carbocycles. The quantitative estimate of drug-likeness (QED) is 0.789. The topological polar surface area (TPSA) is 73.7 Å². The maximum Gasteiger partial charge on any atom is 0.287 e. The summed E-state index contributed by atoms with van der Waals surface area (Å²) in [5, 5.41) is 3.79. The van der Waals surface area contributed by atoms with Gasteiger partial charge in [0, 0.05) is 13.1 Å². The Morgan fingerprint density at radius 2 is 1.85 bits per heavy atom. The zero-order valence-corrected chi connectivity index (χ0v) is 15.8. The van der Waals surface area contributed by atoms with E-state index in [1.165, 1.54) is 6.20 Å². The maximum absolute atomic E-state index is 12.6. The Morgan fingerprint density at radius 3 is 2.50 bits per heavy atom. The molecule has 0 atom stereocenters. The van der Waals surface area contributed by atoms with Crippen LogP contribution in [0.15, 0.2) is 23.1 Å². The minimum atomic E-state index is -0.587. The van der Waals surface area contributed by atoms with Crippen LogP contribution < -0.4 is 15.0 Å². The van der Waals surface area contributed by atoms with E-state index < -0.39 is 5.56 Å². The number of hydrogen-bond acceptors (Lipinski definition) is 5. The molecular weight excluding hydrogens is 381 g/mol. The highest BCUT2D eigenvalue weighted by Gasteiger charge is 2.23. The number of amides is 1. The zero-order valence-electron chi connectivity index (χ0n) is 14.3. The van der Waals surface area contributed by atoms with Gasteiger partial charge in [0.2, 0.25) is 5.91 Å². The molecule has 0 spiro atoms. The lowest BCUT2D eigenvalue weighted by Gasteiger charge is -2.29. The molecule has 7 nitrogen and oxygen atoms in total. The number of rotatable bonds is 4. The van der Waals surface area contributed by atoms with Crippen molar-refractivity contribution in [3.63, 3.8) is 0 Å².